The van der Waals surface area contributed by atoms with Crippen molar-refractivity contribution in [2.45, 2.75) is 0 Å². The van der Waals surface area contributed by atoms with Crippen LogP contribution in [0, 0.1) is 0 Å². The topological polar surface area (TPSA) is 0 Å². The molecule has 8 aromatic rings. The fourth-order valence-corrected chi connectivity index (χ4v) is 7.93. The molecule has 0 bridgehead atoms. The normalized spacial score (nSPS) is 12.1. The quantitative estimate of drug-likeness (QED) is 0.226. The number of benzene rings is 6. The van der Waals surface area contributed by atoms with Crippen molar-refractivity contribution in [3.05, 3.63) is 109 Å². The zero-order valence-corrected chi connectivity index (χ0v) is 19.8. The average molecular weight is 467 g/mol. The van der Waals surface area contributed by atoms with Crippen molar-refractivity contribution in [1.82, 2.24) is 0 Å². The van der Waals surface area contributed by atoms with Gasteiger partial charge in [-0.2, -0.15) is 0 Å². The van der Waals surface area contributed by atoms with Crippen molar-refractivity contribution in [2.75, 3.05) is 0 Å². The molecule has 0 aliphatic rings. The van der Waals surface area contributed by atoms with E-state index in [0.717, 1.165) is 0 Å². The summed E-state index contributed by atoms with van der Waals surface area (Å²) in [7, 11) is 0. The molecule has 2 heterocycles. The summed E-state index contributed by atoms with van der Waals surface area (Å²) in [6.07, 6.45) is 0. The maximum absolute atomic E-state index is 2.39. The summed E-state index contributed by atoms with van der Waals surface area (Å²) in [5, 5.41) is 10.6. The first-order valence-corrected chi connectivity index (χ1v) is 13.1. The first-order valence-electron chi connectivity index (χ1n) is 11.5. The molecule has 0 nitrogen and oxygen atoms in total. The summed E-state index contributed by atoms with van der Waals surface area (Å²) < 4.78 is 5.60. The molecular weight excluding hydrogens is 448 g/mol. The smallest absolute Gasteiger partial charge is 0.0542 e. The molecule has 0 aliphatic heterocycles. The molecule has 34 heavy (non-hydrogen) atoms. The molecule has 158 valence electrons. The average Bonchev–Trinajstić information content (AvgIpc) is 3.40. The van der Waals surface area contributed by atoms with Crippen molar-refractivity contribution in [3.8, 4) is 11.1 Å². The summed E-state index contributed by atoms with van der Waals surface area (Å²) in [4.78, 5) is 0. The van der Waals surface area contributed by atoms with Crippen LogP contribution in [0.1, 0.15) is 0 Å². The second-order valence-electron chi connectivity index (χ2n) is 9.03. The van der Waals surface area contributed by atoms with E-state index in [4.69, 9.17) is 0 Å². The van der Waals surface area contributed by atoms with Gasteiger partial charge in [0.05, 0.1) is 9.40 Å². The maximum atomic E-state index is 2.39. The molecule has 0 atom stereocenters. The largest absolute Gasteiger partial charge is 0.134 e. The molecule has 0 saturated carbocycles. The third-order valence-corrected chi connectivity index (χ3v) is 9.49. The third-order valence-electron chi connectivity index (χ3n) is 6.99. The molecule has 0 spiro atoms. The van der Waals surface area contributed by atoms with Gasteiger partial charge in [-0.15, -0.1) is 22.7 Å². The standard InChI is InChI=1S/C32H18S2/c1-2-6-20-13-23(10-9-19(20)5-1)24-11-12-25-16-28-30(18-26(25)14-24)34-31-27-15-21-7-3-4-8-22(21)17-29(27)33-32(28)31/h1-18H. The highest BCUT2D eigenvalue weighted by Gasteiger charge is 2.14. The van der Waals surface area contributed by atoms with Gasteiger partial charge in [0.25, 0.3) is 0 Å². The van der Waals surface area contributed by atoms with Gasteiger partial charge in [0, 0.05) is 20.2 Å². The Kier molecular flexibility index (Phi) is 3.79. The van der Waals surface area contributed by atoms with Gasteiger partial charge in [-0.25, -0.2) is 0 Å². The van der Waals surface area contributed by atoms with E-state index in [-0.39, 0.29) is 0 Å². The van der Waals surface area contributed by atoms with Gasteiger partial charge in [-0.1, -0.05) is 72.8 Å². The Balaban J connectivity index is 1.33. The SMILES string of the molecule is c1ccc2cc(-c3ccc4cc5c(cc4c3)sc3c4cc6ccccc6cc4sc53)ccc2c1. The van der Waals surface area contributed by atoms with E-state index in [0.29, 0.717) is 0 Å². The molecule has 0 aliphatic carbocycles. The zero-order valence-electron chi connectivity index (χ0n) is 18.2. The number of thiophene rings is 2. The number of rotatable bonds is 1. The fraction of sp³-hybridized carbons (Fsp3) is 0. The van der Waals surface area contributed by atoms with E-state index < -0.39 is 0 Å². The van der Waals surface area contributed by atoms with E-state index in [2.05, 4.69) is 109 Å². The highest BCUT2D eigenvalue weighted by Crippen LogP contribution is 2.46. The molecule has 6 aromatic carbocycles. The summed E-state index contributed by atoms with van der Waals surface area (Å²) in [5.41, 5.74) is 2.54. The Morgan fingerprint density at radius 2 is 0.794 bits per heavy atom. The fourth-order valence-electron chi connectivity index (χ4n) is 5.24. The van der Waals surface area contributed by atoms with Gasteiger partial charge in [0.15, 0.2) is 0 Å². The van der Waals surface area contributed by atoms with Crippen LogP contribution in [0.5, 0.6) is 0 Å². The second kappa shape index (κ2) is 6.89. The van der Waals surface area contributed by atoms with Crippen molar-refractivity contribution >= 4 is 84.6 Å². The number of hydrogen-bond donors (Lipinski definition) is 0. The van der Waals surface area contributed by atoms with E-state index >= 15 is 0 Å². The van der Waals surface area contributed by atoms with E-state index in [1.165, 1.54) is 73.0 Å². The van der Waals surface area contributed by atoms with Gasteiger partial charge >= 0.3 is 0 Å². The van der Waals surface area contributed by atoms with Crippen molar-refractivity contribution in [3.63, 3.8) is 0 Å². The van der Waals surface area contributed by atoms with E-state index in [9.17, 15) is 0 Å². The lowest BCUT2D eigenvalue weighted by atomic mass is 9.98. The van der Waals surface area contributed by atoms with Crippen LogP contribution in [0.25, 0.3) is 73.0 Å². The van der Waals surface area contributed by atoms with Crippen LogP contribution in [-0.4, -0.2) is 0 Å². The number of hydrogen-bond acceptors (Lipinski definition) is 2. The van der Waals surface area contributed by atoms with Crippen molar-refractivity contribution in [2.24, 2.45) is 0 Å². The summed E-state index contributed by atoms with van der Waals surface area (Å²) in [6, 6.07) is 40.4. The summed E-state index contributed by atoms with van der Waals surface area (Å²) in [6.45, 7) is 0. The summed E-state index contributed by atoms with van der Waals surface area (Å²) >= 11 is 3.87. The predicted molar refractivity (Wildman–Crippen MR) is 153 cm³/mol. The molecule has 0 saturated heterocycles. The minimum atomic E-state index is 1.27. The van der Waals surface area contributed by atoms with Crippen LogP contribution in [0.2, 0.25) is 0 Å². The first-order chi connectivity index (χ1) is 16.8. The van der Waals surface area contributed by atoms with Crippen LogP contribution >= 0.6 is 22.7 Å². The Morgan fingerprint density at radius 3 is 1.44 bits per heavy atom. The molecular formula is C32H18S2. The van der Waals surface area contributed by atoms with Gasteiger partial charge in [-0.05, 0) is 79.8 Å². The molecule has 0 unspecified atom stereocenters. The van der Waals surface area contributed by atoms with E-state index in [1.54, 1.807) is 0 Å². The lowest BCUT2D eigenvalue weighted by Gasteiger charge is -2.07. The van der Waals surface area contributed by atoms with Gasteiger partial charge in [0.1, 0.15) is 0 Å². The predicted octanol–water partition coefficient (Wildman–Crippen LogP) is 10.4. The molecule has 2 aromatic heterocycles. The lowest BCUT2D eigenvalue weighted by molar-refractivity contribution is 1.68. The van der Waals surface area contributed by atoms with Gasteiger partial charge < -0.3 is 0 Å². The van der Waals surface area contributed by atoms with Crippen LogP contribution in [-0.2, 0) is 0 Å². The Hall–Kier alpha value is -3.72. The third kappa shape index (κ3) is 2.70. The van der Waals surface area contributed by atoms with Crippen LogP contribution < -0.4 is 0 Å². The Bertz CT molecular complexity index is 2070. The van der Waals surface area contributed by atoms with Crippen LogP contribution in [0.15, 0.2) is 109 Å². The van der Waals surface area contributed by atoms with Crippen LogP contribution in [0.3, 0.4) is 0 Å². The molecule has 0 fully saturated rings. The van der Waals surface area contributed by atoms with Crippen LogP contribution in [0.4, 0.5) is 0 Å². The van der Waals surface area contributed by atoms with E-state index in [1.807, 2.05) is 22.7 Å². The summed E-state index contributed by atoms with van der Waals surface area (Å²) in [5.74, 6) is 0. The molecule has 8 rings (SSSR count). The minimum absolute atomic E-state index is 1.27. The first kappa shape index (κ1) is 18.7. The highest BCUT2D eigenvalue weighted by molar-refractivity contribution is 7.36. The molecule has 0 N–H and O–H groups in total. The lowest BCUT2D eigenvalue weighted by Crippen LogP contribution is -1.80. The second-order valence-corrected chi connectivity index (χ2v) is 11.1. The van der Waals surface area contributed by atoms with Gasteiger partial charge in [-0.3, -0.25) is 0 Å². The molecule has 0 amide bonds. The maximum Gasteiger partial charge on any atom is 0.0542 e. The van der Waals surface area contributed by atoms with Crippen molar-refractivity contribution in [1.29, 1.82) is 0 Å². The minimum Gasteiger partial charge on any atom is -0.134 e. The molecule has 0 radical (unpaired) electrons. The Labute approximate surface area is 204 Å². The monoisotopic (exact) mass is 466 g/mol. The zero-order chi connectivity index (χ0) is 22.2. The molecule has 2 heteroatoms. The highest BCUT2D eigenvalue weighted by atomic mass is 32.1. The number of fused-ring (bicyclic) bond motifs is 8. The Morgan fingerprint density at radius 1 is 0.353 bits per heavy atom. The van der Waals surface area contributed by atoms with Crippen molar-refractivity contribution < 1.29 is 0 Å². The van der Waals surface area contributed by atoms with Gasteiger partial charge in [0.2, 0.25) is 0 Å².